The molecule has 2 spiro atoms. The van der Waals surface area contributed by atoms with Crippen LogP contribution >= 0.6 is 0 Å². The van der Waals surface area contributed by atoms with E-state index in [0.29, 0.717) is 52.1 Å². The summed E-state index contributed by atoms with van der Waals surface area (Å²) in [4.78, 5) is 114. The first-order valence-corrected chi connectivity index (χ1v) is 24.5. The number of ether oxygens (including phenoxy) is 6. The van der Waals surface area contributed by atoms with Crippen molar-refractivity contribution in [3.8, 4) is 0 Å². The van der Waals surface area contributed by atoms with Gasteiger partial charge in [-0.1, -0.05) is 44.6 Å². The first-order valence-electron chi connectivity index (χ1n) is 24.5. The molecule has 6 heterocycles. The van der Waals surface area contributed by atoms with Crippen molar-refractivity contribution in [2.24, 2.45) is 5.11 Å². The summed E-state index contributed by atoms with van der Waals surface area (Å²) < 4.78 is 30.7. The van der Waals surface area contributed by atoms with Crippen LogP contribution in [0.3, 0.4) is 0 Å². The summed E-state index contributed by atoms with van der Waals surface area (Å²) >= 11 is 0. The van der Waals surface area contributed by atoms with Gasteiger partial charge in [-0.15, -0.1) is 0 Å². The number of imide groups is 2. The van der Waals surface area contributed by atoms with Gasteiger partial charge in [0.1, 0.15) is 40.1 Å². The second-order valence-corrected chi connectivity index (χ2v) is 19.0. The molecule has 9 amide bonds. The van der Waals surface area contributed by atoms with Crippen molar-refractivity contribution in [1.29, 1.82) is 0 Å². The van der Waals surface area contributed by atoms with Gasteiger partial charge in [-0.05, 0) is 47.1 Å². The number of hydrogen-bond acceptors (Lipinski definition) is 17. The zero-order valence-electron chi connectivity index (χ0n) is 45.8. The van der Waals surface area contributed by atoms with Crippen LogP contribution in [0.15, 0.2) is 5.11 Å². The number of nitrogens with one attached hydrogen (secondary N) is 7. The number of carbonyl (C=O) groups is 10. The molecule has 6 aliphatic rings. The first kappa shape index (κ1) is 77.0. The van der Waals surface area contributed by atoms with Gasteiger partial charge in [0, 0.05) is 109 Å². The van der Waals surface area contributed by atoms with Gasteiger partial charge in [0.05, 0.1) is 57.6 Å². The molecule has 6 fully saturated rings. The van der Waals surface area contributed by atoms with Gasteiger partial charge in [-0.25, -0.2) is 19.2 Å². The molecule has 0 saturated carbocycles. The molecule has 0 bridgehead atoms. The summed E-state index contributed by atoms with van der Waals surface area (Å²) in [5, 5.41) is 27.7. The van der Waals surface area contributed by atoms with Crippen LogP contribution < -0.4 is 37.2 Å². The number of carbonyl (C=O) groups excluding carboxylic acids is 9. The molecule has 6 unspecified atom stereocenters. The predicted molar refractivity (Wildman–Crippen MR) is 270 cm³/mol. The number of carboxylic acid groups (broad SMARTS) is 1. The Morgan fingerprint density at radius 2 is 1.06 bits per heavy atom. The molecule has 0 aromatic carbocycles. The van der Waals surface area contributed by atoms with Crippen molar-refractivity contribution in [3.05, 3.63) is 38.1 Å². The van der Waals surface area contributed by atoms with Crippen LogP contribution in [-0.2, 0) is 123 Å². The van der Waals surface area contributed by atoms with Crippen LogP contribution in [0.25, 0.3) is 10.4 Å². The van der Waals surface area contributed by atoms with Gasteiger partial charge in [0.2, 0.25) is 0 Å². The number of ketones is 2. The minimum absolute atomic E-state index is 0. The summed E-state index contributed by atoms with van der Waals surface area (Å²) in [6.07, 6.45) is 7.41. The smallest absolute Gasteiger partial charge is 0.408 e. The van der Waals surface area contributed by atoms with Crippen LogP contribution in [0.4, 0.5) is 19.2 Å². The van der Waals surface area contributed by atoms with E-state index in [1.807, 2.05) is 0 Å². The number of rotatable bonds is 8. The number of Topliss-reactive ketones (excluding diaryl/α,β-unsaturated/α-hetero) is 2. The average Bonchev–Trinajstić information content (AvgIpc) is 3.75. The van der Waals surface area contributed by atoms with Crippen LogP contribution in [0, 0.1) is 27.7 Å². The number of nitrogens with zero attached hydrogens (tertiary/aromatic N) is 3. The topological polar surface area (TPSA) is 379 Å². The standard InChI is InChI=1S/C12H19N3O5.C10H17NO4.C9H12N3O4.C5H7N3O2.2C5H11.C2H3O2.2Y/c1-11(2,3)20-10(18)13-7-6-19-5-4-12(7)8(16)14-9(17)15-12;1-10(2,3)15-9(13)11-7-6-14-5-4-8(7)12;1-5(13)10-6-4-16-3-2-9(6)7(14)11-8(15)12-9;6-8-7-4-3-10-2-1-5(4)9;2*1-3-5-4-2;1-2(3)4;;/h7H,4-6H2,1-3H3,(H,13,18)(H2,14,15,16,17);7H,4-6H2,1-3H3,(H,11,13);6H,1-4H2,(H,10,13)(H2,11,12,14,15);4H,1-3H2;2*1,3-5H2,2H3;1H2,(H,3,4);;/q;;-1;;3*-1;;. The van der Waals surface area contributed by atoms with Crippen molar-refractivity contribution in [3.63, 3.8) is 0 Å². The Morgan fingerprint density at radius 3 is 1.39 bits per heavy atom. The third-order valence-electron chi connectivity index (χ3n) is 10.4. The molecule has 0 aromatic heterocycles. The first-order chi connectivity index (χ1) is 35.1. The van der Waals surface area contributed by atoms with Gasteiger partial charge in [0.15, 0.2) is 11.8 Å². The van der Waals surface area contributed by atoms with Crippen molar-refractivity contribution in [1.82, 2.24) is 37.2 Å². The monoisotopic (exact) mass is 1250 g/mol. The van der Waals surface area contributed by atoms with Gasteiger partial charge >= 0.3 is 24.2 Å². The fourth-order valence-electron chi connectivity index (χ4n) is 6.83. The minimum atomic E-state index is -1.16. The van der Waals surface area contributed by atoms with Crippen LogP contribution in [0.1, 0.15) is 120 Å². The van der Waals surface area contributed by atoms with Crippen molar-refractivity contribution in [2.75, 3.05) is 52.9 Å². The SMILES string of the molecule is CC(C)(C)OC(=O)NC1COCCC12NC(=O)NC2=O.CC(C)(C)OC(=O)NC1COCCC1=O.[CH2-]C(=O)NC1COCCC12NC(=O)NC2=O.[CH2-]C(=O)O.[CH2-]CCCC.[CH2-]CCCC.[N-]=[N+]=NC1COCCC1=O.[Y].[Y]. The zero-order valence-corrected chi connectivity index (χ0v) is 51.5. The molecule has 6 rings (SSSR count). The Hall–Kier alpha value is -4.20. The predicted octanol–water partition coefficient (Wildman–Crippen LogP) is 3.63. The second-order valence-electron chi connectivity index (χ2n) is 19.0. The van der Waals surface area contributed by atoms with E-state index in [0.717, 1.165) is 12.8 Å². The molecule has 434 valence electrons. The Labute approximate surface area is 502 Å². The Kier molecular flexibility index (Phi) is 40.1. The van der Waals surface area contributed by atoms with E-state index in [1.54, 1.807) is 41.5 Å². The van der Waals surface area contributed by atoms with Crippen molar-refractivity contribution < 1.29 is 147 Å². The molecule has 77 heavy (non-hydrogen) atoms. The molecule has 29 heteroatoms. The zero-order chi connectivity index (χ0) is 57.4. The minimum Gasteiger partial charge on any atom is -0.503 e. The van der Waals surface area contributed by atoms with E-state index in [1.165, 1.54) is 25.7 Å². The fourth-order valence-corrected chi connectivity index (χ4v) is 6.83. The van der Waals surface area contributed by atoms with Crippen LogP contribution in [0.2, 0.25) is 0 Å². The summed E-state index contributed by atoms with van der Waals surface area (Å²) in [6, 6.07) is -3.51. The molecular formula is C48H80N10O17Y2-4. The van der Waals surface area contributed by atoms with E-state index in [-0.39, 0.29) is 103 Å². The quantitative estimate of drug-likeness (QED) is 0.0565. The molecule has 6 atom stereocenters. The number of alkyl carbamates (subject to hydrolysis) is 2. The molecular weight excluding hydrogens is 1170 g/mol. The Balaban J connectivity index is -0.000000881. The molecule has 27 nitrogen and oxygen atoms in total. The van der Waals surface area contributed by atoms with Gasteiger partial charge in [-0.2, -0.15) is 12.8 Å². The maximum Gasteiger partial charge on any atom is 0.408 e. The van der Waals surface area contributed by atoms with E-state index in [4.69, 9.17) is 43.9 Å². The average molecular weight is 1250 g/mol. The van der Waals surface area contributed by atoms with Crippen molar-refractivity contribution >= 4 is 59.5 Å². The number of carboxylic acids is 1. The number of aliphatic carboxylic acids is 1. The van der Waals surface area contributed by atoms with Crippen LogP contribution in [0.5, 0.6) is 0 Å². The number of hydrogen-bond donors (Lipinski definition) is 8. The normalized spacial score (nSPS) is 23.8. The molecule has 8 N–H and O–H groups in total. The third-order valence-corrected chi connectivity index (χ3v) is 10.4. The maximum atomic E-state index is 12.0. The number of amides is 9. The van der Waals surface area contributed by atoms with Crippen molar-refractivity contribution in [2.45, 2.75) is 166 Å². The maximum absolute atomic E-state index is 12.0. The number of unbranched alkanes of at least 4 members (excludes halogenated alkanes) is 4. The Morgan fingerprint density at radius 1 is 0.675 bits per heavy atom. The van der Waals surface area contributed by atoms with E-state index >= 15 is 0 Å². The summed E-state index contributed by atoms with van der Waals surface area (Å²) in [6.45, 7) is 30.3. The second kappa shape index (κ2) is 40.0. The number of azide groups is 1. The molecule has 2 radical (unpaired) electrons. The molecule has 6 aliphatic heterocycles. The molecule has 0 aliphatic carbocycles. The largest absolute Gasteiger partial charge is 0.503 e. The van der Waals surface area contributed by atoms with Gasteiger partial charge in [-0.3, -0.25) is 41.5 Å². The summed E-state index contributed by atoms with van der Waals surface area (Å²) in [5.41, 5.74) is 4.53. The molecule has 0 aromatic rings. The van der Waals surface area contributed by atoms with Crippen LogP contribution in [-0.4, -0.2) is 164 Å². The fraction of sp³-hybridized carbons (Fsp3) is 0.708. The molecule has 6 saturated heterocycles. The van der Waals surface area contributed by atoms with E-state index in [2.05, 4.69) is 88.8 Å². The Bertz CT molecular complexity index is 1940. The third kappa shape index (κ3) is 31.8. The van der Waals surface area contributed by atoms with E-state index < -0.39 is 94.4 Å². The summed E-state index contributed by atoms with van der Waals surface area (Å²) in [7, 11) is 0. The summed E-state index contributed by atoms with van der Waals surface area (Å²) in [5.74, 6) is -2.51. The van der Waals surface area contributed by atoms with Gasteiger partial charge < -0.3 is 85.7 Å². The number of urea groups is 2. The van der Waals surface area contributed by atoms with E-state index in [9.17, 15) is 43.2 Å². The van der Waals surface area contributed by atoms with Gasteiger partial charge in [0.25, 0.3) is 11.8 Å².